The number of aromatic nitrogens is 1. The number of nitrogens with zero attached hydrogens (tertiary/aromatic N) is 2. The fourth-order valence-corrected chi connectivity index (χ4v) is 5.17. The van der Waals surface area contributed by atoms with Crippen LogP contribution in [0.25, 0.3) is 0 Å². The number of esters is 1. The van der Waals surface area contributed by atoms with Crippen molar-refractivity contribution in [1.29, 1.82) is 0 Å². The third-order valence-electron chi connectivity index (χ3n) is 7.50. The number of unbranched alkanes of at least 4 members (excludes halogenated alkanes) is 2. The Labute approximate surface area is 291 Å². The molecule has 1 aliphatic heterocycles. The Hall–Kier alpha value is -4.02. The zero-order valence-corrected chi connectivity index (χ0v) is 29.8. The highest BCUT2D eigenvalue weighted by molar-refractivity contribution is 7.14. The van der Waals surface area contributed by atoms with Crippen molar-refractivity contribution in [1.82, 2.24) is 20.9 Å². The first-order chi connectivity index (χ1) is 23.3. The van der Waals surface area contributed by atoms with Gasteiger partial charge >= 0.3 is 12.1 Å². The molecule has 3 atom stereocenters. The zero-order valence-electron chi connectivity index (χ0n) is 29.0. The van der Waals surface area contributed by atoms with E-state index in [4.69, 9.17) is 19.0 Å². The molecule has 49 heavy (non-hydrogen) atoms. The molecule has 16 heteroatoms. The van der Waals surface area contributed by atoms with E-state index >= 15 is 0 Å². The van der Waals surface area contributed by atoms with Crippen LogP contribution in [-0.2, 0) is 33.4 Å². The summed E-state index contributed by atoms with van der Waals surface area (Å²) in [5.41, 5.74) is -2.30. The zero-order chi connectivity index (χ0) is 36.0. The largest absolute Gasteiger partial charge is 0.495 e. The Balaban J connectivity index is 1.68. The number of oxime groups is 1. The summed E-state index contributed by atoms with van der Waals surface area (Å²) in [7, 11) is 0. The maximum absolute atomic E-state index is 13.6. The number of anilines is 1. The van der Waals surface area contributed by atoms with E-state index in [2.05, 4.69) is 38.0 Å². The Kier molecular flexibility index (Phi) is 15.0. The van der Waals surface area contributed by atoms with Crippen molar-refractivity contribution in [3.63, 3.8) is 0 Å². The number of aliphatic hydroxyl groups is 1. The highest BCUT2D eigenvalue weighted by atomic mass is 32.1. The molecular formula is C33H50N6O9S. The number of hydrogen-bond acceptors (Lipinski definition) is 13. The first kappa shape index (κ1) is 39.4. The van der Waals surface area contributed by atoms with Crippen molar-refractivity contribution in [3.05, 3.63) is 35.6 Å². The molecule has 1 aromatic heterocycles. The smallest absolute Gasteiger partial charge is 0.413 e. The summed E-state index contributed by atoms with van der Waals surface area (Å²) in [4.78, 5) is 61.4. The summed E-state index contributed by atoms with van der Waals surface area (Å²) < 4.78 is 16.1. The van der Waals surface area contributed by atoms with Crippen LogP contribution in [0.2, 0.25) is 0 Å². The first-order valence-corrected chi connectivity index (χ1v) is 17.5. The molecule has 0 bridgehead atoms. The van der Waals surface area contributed by atoms with Crippen molar-refractivity contribution < 1.29 is 43.3 Å². The second kappa shape index (κ2) is 18.7. The maximum atomic E-state index is 13.6. The normalized spacial score (nSPS) is 19.1. The summed E-state index contributed by atoms with van der Waals surface area (Å²) in [5, 5.41) is 27.0. The SMILES string of the molecule is C=C(OCCCC)[C@@H](O)/C=C/CNC[C@H]1NC(=O)[C@H]1NC(=O)/C(=N\OC1(C(=O)OCCCC)CCC1)c1csc(NC(=O)OC(C)(C)C)n1. The molecule has 1 saturated carbocycles. The van der Waals surface area contributed by atoms with Crippen molar-refractivity contribution in [2.45, 2.75) is 109 Å². The summed E-state index contributed by atoms with van der Waals surface area (Å²) in [5.74, 6) is -1.45. The number of carbonyl (C=O) groups is 4. The molecule has 1 aliphatic carbocycles. The minimum atomic E-state index is -1.33. The van der Waals surface area contributed by atoms with Crippen molar-refractivity contribution in [2.24, 2.45) is 5.16 Å². The summed E-state index contributed by atoms with van der Waals surface area (Å²) in [6.45, 7) is 14.3. The number of aliphatic hydroxyl groups excluding tert-OH is 1. The number of rotatable bonds is 20. The van der Waals surface area contributed by atoms with Crippen molar-refractivity contribution in [2.75, 3.05) is 31.6 Å². The van der Waals surface area contributed by atoms with Gasteiger partial charge in [-0.15, -0.1) is 11.3 Å². The number of carbonyl (C=O) groups excluding carboxylic acids is 4. The topological polar surface area (TPSA) is 199 Å². The van der Waals surface area contributed by atoms with Gasteiger partial charge in [0.05, 0.1) is 19.3 Å². The lowest BCUT2D eigenvalue weighted by molar-refractivity contribution is -0.185. The van der Waals surface area contributed by atoms with Gasteiger partial charge in [0, 0.05) is 31.3 Å². The van der Waals surface area contributed by atoms with Crippen LogP contribution in [-0.4, -0.2) is 95.4 Å². The molecule has 2 fully saturated rings. The van der Waals surface area contributed by atoms with Gasteiger partial charge in [-0.1, -0.05) is 50.6 Å². The van der Waals surface area contributed by atoms with E-state index in [0.717, 1.165) is 30.6 Å². The predicted molar refractivity (Wildman–Crippen MR) is 184 cm³/mol. The quantitative estimate of drug-likeness (QED) is 0.0254. The van der Waals surface area contributed by atoms with E-state index < -0.39 is 53.3 Å². The van der Waals surface area contributed by atoms with Gasteiger partial charge in [0.2, 0.25) is 11.5 Å². The molecule has 0 aromatic carbocycles. The molecule has 1 aromatic rings. The highest BCUT2D eigenvalue weighted by Crippen LogP contribution is 2.37. The number of hydrogen-bond donors (Lipinski definition) is 5. The summed E-state index contributed by atoms with van der Waals surface area (Å²) >= 11 is 1.03. The number of β-lactam (4-membered cyclic amide) rings is 1. The predicted octanol–water partition coefficient (Wildman–Crippen LogP) is 3.30. The number of ether oxygens (including phenoxy) is 3. The van der Waals surface area contributed by atoms with Crippen LogP contribution in [0, 0.1) is 0 Å². The fourth-order valence-electron chi connectivity index (χ4n) is 4.49. The molecule has 2 aliphatic rings. The maximum Gasteiger partial charge on any atom is 0.413 e. The van der Waals surface area contributed by atoms with E-state index in [0.29, 0.717) is 45.4 Å². The van der Waals surface area contributed by atoms with Crippen molar-refractivity contribution in [3.8, 4) is 0 Å². The molecule has 0 radical (unpaired) electrons. The second-order valence-corrected chi connectivity index (χ2v) is 13.7. The lowest BCUT2D eigenvalue weighted by Gasteiger charge is -2.37. The third-order valence-corrected chi connectivity index (χ3v) is 8.26. The standard InChI is InChI=1S/C33H50N6O9S/c1-7-9-17-45-21(3)24(40)13-11-16-34-19-22-25(27(41)35-22)37-28(42)26(23-20-49-30(36-23)38-31(44)47-32(4,5)6)39-48-33(14-12-15-33)29(43)46-18-10-8-2/h11,13,20,22,24-25,34,40H,3,7-10,12,14-19H2,1-2,4-6H3,(H,35,41)(H,37,42)(H,36,38,44)/b13-11+,39-26-/t22-,24+,25+/m1/s1. The van der Waals surface area contributed by atoms with Gasteiger partial charge in [0.1, 0.15) is 29.2 Å². The number of amides is 3. The number of nitrogens with one attached hydrogen (secondary N) is 4. The van der Waals surface area contributed by atoms with Crippen LogP contribution < -0.4 is 21.3 Å². The van der Waals surface area contributed by atoms with Crippen LogP contribution in [0.3, 0.4) is 0 Å². The van der Waals surface area contributed by atoms with Gasteiger partial charge in [0.15, 0.2) is 10.8 Å². The van der Waals surface area contributed by atoms with E-state index in [1.807, 2.05) is 13.8 Å². The average molecular weight is 707 g/mol. The Morgan fingerprint density at radius 2 is 1.90 bits per heavy atom. The molecule has 272 valence electrons. The van der Waals surface area contributed by atoms with Crippen molar-refractivity contribution >= 4 is 46.1 Å². The van der Waals surface area contributed by atoms with Crippen LogP contribution in [0.4, 0.5) is 9.93 Å². The van der Waals surface area contributed by atoms with E-state index in [9.17, 15) is 24.3 Å². The van der Waals surface area contributed by atoms with Gasteiger partial charge in [-0.2, -0.15) is 0 Å². The van der Waals surface area contributed by atoms with Gasteiger partial charge in [-0.25, -0.2) is 14.6 Å². The van der Waals surface area contributed by atoms with E-state index in [1.165, 1.54) is 5.38 Å². The average Bonchev–Trinajstić information content (AvgIpc) is 3.46. The molecule has 0 spiro atoms. The van der Waals surface area contributed by atoms with Gasteiger partial charge < -0.3 is 40.1 Å². The first-order valence-electron chi connectivity index (χ1n) is 16.7. The highest BCUT2D eigenvalue weighted by Gasteiger charge is 2.49. The van der Waals surface area contributed by atoms with E-state index in [-0.39, 0.29) is 28.9 Å². The molecule has 3 amide bonds. The Morgan fingerprint density at radius 1 is 1.20 bits per heavy atom. The van der Waals surface area contributed by atoms with Crippen LogP contribution in [0.5, 0.6) is 0 Å². The van der Waals surface area contributed by atoms with Crippen LogP contribution in [0.15, 0.2) is 35.0 Å². The van der Waals surface area contributed by atoms with Gasteiger partial charge in [0.25, 0.3) is 5.91 Å². The van der Waals surface area contributed by atoms with Crippen LogP contribution >= 0.6 is 11.3 Å². The van der Waals surface area contributed by atoms with E-state index in [1.54, 1.807) is 32.9 Å². The lowest BCUT2D eigenvalue weighted by atomic mass is 9.80. The van der Waals surface area contributed by atoms with Crippen LogP contribution in [0.1, 0.15) is 85.3 Å². The van der Waals surface area contributed by atoms with Gasteiger partial charge in [-0.3, -0.25) is 14.9 Å². The Morgan fingerprint density at radius 3 is 2.51 bits per heavy atom. The summed E-state index contributed by atoms with van der Waals surface area (Å²) in [6.07, 6.45) is 6.42. The Bertz CT molecular complexity index is 1370. The fraction of sp³-hybridized carbons (Fsp3) is 0.636. The third kappa shape index (κ3) is 12.1. The molecule has 3 rings (SSSR count). The monoisotopic (exact) mass is 706 g/mol. The minimum Gasteiger partial charge on any atom is -0.495 e. The minimum absolute atomic E-state index is 0.0562. The number of thiazole rings is 1. The molecule has 15 nitrogen and oxygen atoms in total. The summed E-state index contributed by atoms with van der Waals surface area (Å²) in [6, 6.07) is -1.35. The molecule has 2 heterocycles. The second-order valence-electron chi connectivity index (χ2n) is 12.8. The molecule has 0 unspecified atom stereocenters. The van der Waals surface area contributed by atoms with Gasteiger partial charge in [-0.05, 0) is 40.0 Å². The molecular weight excluding hydrogens is 656 g/mol. The lowest BCUT2D eigenvalue weighted by Crippen LogP contribution is -2.72. The molecule has 5 N–H and O–H groups in total. The molecule has 1 saturated heterocycles.